The van der Waals surface area contributed by atoms with Crippen LogP contribution in [-0.4, -0.2) is 19.0 Å². The SMILES string of the molecule is CC1COc2ccc(C(=O)C3CC4CCC3C4)cc2OC1. The van der Waals surface area contributed by atoms with Gasteiger partial charge in [-0.3, -0.25) is 4.79 Å². The summed E-state index contributed by atoms with van der Waals surface area (Å²) < 4.78 is 11.5. The van der Waals surface area contributed by atoms with Crippen molar-refractivity contribution >= 4 is 5.78 Å². The van der Waals surface area contributed by atoms with Crippen LogP contribution in [-0.2, 0) is 0 Å². The normalized spacial score (nSPS) is 33.8. The molecule has 0 radical (unpaired) electrons. The molecule has 3 aliphatic rings. The van der Waals surface area contributed by atoms with E-state index >= 15 is 0 Å². The van der Waals surface area contributed by atoms with Crippen LogP contribution < -0.4 is 9.47 Å². The molecule has 3 heteroatoms. The minimum absolute atomic E-state index is 0.243. The average Bonchev–Trinajstić information content (AvgIpc) is 3.08. The third-order valence-corrected chi connectivity index (χ3v) is 5.35. The molecule has 1 aliphatic heterocycles. The van der Waals surface area contributed by atoms with E-state index in [1.807, 2.05) is 18.2 Å². The molecule has 1 aromatic carbocycles. The lowest BCUT2D eigenvalue weighted by Gasteiger charge is -2.20. The molecule has 2 fully saturated rings. The molecule has 0 aromatic heterocycles. The molecule has 1 aromatic rings. The standard InChI is InChI=1S/C18H22O3/c1-11-9-20-16-5-4-14(8-17(16)21-10-11)18(19)15-7-12-2-3-13(15)6-12/h4-5,8,11-13,15H,2-3,6-7,9-10H2,1H3. The first-order valence-corrected chi connectivity index (χ1v) is 8.14. The Morgan fingerprint density at radius 3 is 2.62 bits per heavy atom. The Hall–Kier alpha value is -1.51. The van der Waals surface area contributed by atoms with Crippen LogP contribution in [0.5, 0.6) is 11.5 Å². The third kappa shape index (κ3) is 2.33. The zero-order valence-corrected chi connectivity index (χ0v) is 12.5. The third-order valence-electron chi connectivity index (χ3n) is 5.35. The Morgan fingerprint density at radius 2 is 1.90 bits per heavy atom. The second-order valence-electron chi connectivity index (χ2n) is 7.03. The maximum Gasteiger partial charge on any atom is 0.166 e. The predicted molar refractivity (Wildman–Crippen MR) is 79.9 cm³/mol. The van der Waals surface area contributed by atoms with Crippen LogP contribution in [0.4, 0.5) is 0 Å². The van der Waals surface area contributed by atoms with Crippen LogP contribution in [0, 0.1) is 23.7 Å². The van der Waals surface area contributed by atoms with Crippen molar-refractivity contribution in [1.82, 2.24) is 0 Å². The first-order valence-electron chi connectivity index (χ1n) is 8.14. The number of ether oxygens (including phenoxy) is 2. The van der Waals surface area contributed by atoms with Gasteiger partial charge in [-0.1, -0.05) is 13.3 Å². The van der Waals surface area contributed by atoms with Crippen molar-refractivity contribution < 1.29 is 14.3 Å². The van der Waals surface area contributed by atoms with Crippen molar-refractivity contribution in [3.05, 3.63) is 23.8 Å². The number of carbonyl (C=O) groups excluding carboxylic acids is 1. The summed E-state index contributed by atoms with van der Waals surface area (Å²) in [5.41, 5.74) is 0.796. The summed E-state index contributed by atoms with van der Waals surface area (Å²) in [6, 6.07) is 5.70. The van der Waals surface area contributed by atoms with Gasteiger partial charge in [0.25, 0.3) is 0 Å². The van der Waals surface area contributed by atoms with Crippen LogP contribution in [0.25, 0.3) is 0 Å². The molecule has 3 nitrogen and oxygen atoms in total. The molecule has 0 saturated heterocycles. The molecule has 2 aliphatic carbocycles. The van der Waals surface area contributed by atoms with Gasteiger partial charge in [-0.2, -0.15) is 0 Å². The summed E-state index contributed by atoms with van der Waals surface area (Å²) in [6.45, 7) is 3.43. The molecule has 2 saturated carbocycles. The number of rotatable bonds is 2. The Balaban J connectivity index is 1.57. The monoisotopic (exact) mass is 286 g/mol. The molecular weight excluding hydrogens is 264 g/mol. The summed E-state index contributed by atoms with van der Waals surface area (Å²) in [4.78, 5) is 12.8. The highest BCUT2D eigenvalue weighted by Crippen LogP contribution is 2.49. The maximum absolute atomic E-state index is 12.8. The zero-order chi connectivity index (χ0) is 14.4. The number of hydrogen-bond donors (Lipinski definition) is 0. The molecule has 112 valence electrons. The fourth-order valence-corrected chi connectivity index (χ4v) is 4.19. The van der Waals surface area contributed by atoms with Gasteiger partial charge < -0.3 is 9.47 Å². The van der Waals surface area contributed by atoms with E-state index in [9.17, 15) is 4.79 Å². The lowest BCUT2D eigenvalue weighted by Crippen LogP contribution is -2.21. The molecule has 4 atom stereocenters. The van der Waals surface area contributed by atoms with Crippen molar-refractivity contribution in [3.63, 3.8) is 0 Å². The highest BCUT2D eigenvalue weighted by atomic mass is 16.5. The number of carbonyl (C=O) groups is 1. The lowest BCUT2D eigenvalue weighted by molar-refractivity contribution is 0.0874. The minimum Gasteiger partial charge on any atom is -0.489 e. The van der Waals surface area contributed by atoms with Gasteiger partial charge in [0.2, 0.25) is 0 Å². The molecule has 0 spiro atoms. The van der Waals surface area contributed by atoms with E-state index in [1.165, 1.54) is 19.3 Å². The number of hydrogen-bond acceptors (Lipinski definition) is 3. The minimum atomic E-state index is 0.243. The fraction of sp³-hybridized carbons (Fsp3) is 0.611. The molecule has 4 unspecified atom stereocenters. The number of benzene rings is 1. The summed E-state index contributed by atoms with van der Waals surface area (Å²) in [6.07, 6.45) is 4.92. The van der Waals surface area contributed by atoms with Gasteiger partial charge in [0.1, 0.15) is 0 Å². The molecule has 1 heterocycles. The highest BCUT2D eigenvalue weighted by molar-refractivity contribution is 5.98. The van der Waals surface area contributed by atoms with Gasteiger partial charge in [0, 0.05) is 17.4 Å². The summed E-state index contributed by atoms with van der Waals surface area (Å²) in [5, 5.41) is 0. The van der Waals surface area contributed by atoms with Gasteiger partial charge in [-0.05, 0) is 49.3 Å². The molecule has 0 amide bonds. The first kappa shape index (κ1) is 13.2. The van der Waals surface area contributed by atoms with Crippen LogP contribution >= 0.6 is 0 Å². The first-order chi connectivity index (χ1) is 10.2. The maximum atomic E-state index is 12.8. The van der Waals surface area contributed by atoms with E-state index in [2.05, 4.69) is 6.92 Å². The van der Waals surface area contributed by atoms with Gasteiger partial charge in [-0.15, -0.1) is 0 Å². The molecular formula is C18H22O3. The van der Waals surface area contributed by atoms with E-state index in [-0.39, 0.29) is 5.92 Å². The van der Waals surface area contributed by atoms with Crippen LogP contribution in [0.15, 0.2) is 18.2 Å². The van der Waals surface area contributed by atoms with Crippen molar-refractivity contribution in [3.8, 4) is 11.5 Å². The molecule has 4 rings (SSSR count). The summed E-state index contributed by atoms with van der Waals surface area (Å²) in [5.74, 6) is 3.85. The van der Waals surface area contributed by atoms with E-state index in [0.717, 1.165) is 29.4 Å². The Kier molecular flexibility index (Phi) is 3.16. The van der Waals surface area contributed by atoms with Gasteiger partial charge >= 0.3 is 0 Å². The van der Waals surface area contributed by atoms with E-state index < -0.39 is 0 Å². The van der Waals surface area contributed by atoms with Crippen molar-refractivity contribution in [2.45, 2.75) is 32.6 Å². The Bertz CT molecular complexity index is 566. The topological polar surface area (TPSA) is 35.5 Å². The second-order valence-corrected chi connectivity index (χ2v) is 7.03. The van der Waals surface area contributed by atoms with Crippen molar-refractivity contribution in [2.75, 3.05) is 13.2 Å². The van der Waals surface area contributed by atoms with Gasteiger partial charge in [0.15, 0.2) is 17.3 Å². The average molecular weight is 286 g/mol. The molecule has 0 N–H and O–H groups in total. The fourth-order valence-electron chi connectivity index (χ4n) is 4.19. The number of fused-ring (bicyclic) bond motifs is 3. The van der Waals surface area contributed by atoms with Crippen molar-refractivity contribution in [1.29, 1.82) is 0 Å². The van der Waals surface area contributed by atoms with Gasteiger partial charge in [-0.25, -0.2) is 0 Å². The van der Waals surface area contributed by atoms with E-state index in [4.69, 9.17) is 9.47 Å². The second kappa shape index (κ2) is 5.04. The predicted octanol–water partition coefficient (Wildman–Crippen LogP) is 3.71. The van der Waals surface area contributed by atoms with E-state index in [0.29, 0.717) is 30.8 Å². The van der Waals surface area contributed by atoms with Crippen LogP contribution in [0.2, 0.25) is 0 Å². The number of ketones is 1. The highest BCUT2D eigenvalue weighted by Gasteiger charge is 2.43. The Labute approximate surface area is 125 Å². The quantitative estimate of drug-likeness (QED) is 0.777. The molecule has 2 bridgehead atoms. The summed E-state index contributed by atoms with van der Waals surface area (Å²) in [7, 11) is 0. The number of Topliss-reactive ketones (excluding diaryl/α,β-unsaturated/α-hetero) is 1. The van der Waals surface area contributed by atoms with Crippen molar-refractivity contribution in [2.24, 2.45) is 23.7 Å². The van der Waals surface area contributed by atoms with Crippen LogP contribution in [0.1, 0.15) is 43.0 Å². The zero-order valence-electron chi connectivity index (χ0n) is 12.5. The largest absolute Gasteiger partial charge is 0.489 e. The van der Waals surface area contributed by atoms with Crippen LogP contribution in [0.3, 0.4) is 0 Å². The summed E-state index contributed by atoms with van der Waals surface area (Å²) >= 11 is 0. The smallest absolute Gasteiger partial charge is 0.166 e. The van der Waals surface area contributed by atoms with Gasteiger partial charge in [0.05, 0.1) is 13.2 Å². The lowest BCUT2D eigenvalue weighted by atomic mass is 9.83. The Morgan fingerprint density at radius 1 is 1.10 bits per heavy atom. The molecule has 21 heavy (non-hydrogen) atoms. The van der Waals surface area contributed by atoms with E-state index in [1.54, 1.807) is 0 Å².